The number of benzene rings is 1. The second-order valence-corrected chi connectivity index (χ2v) is 5.61. The molecular formula is C13H10ClFO2S. The Morgan fingerprint density at radius 3 is 2.72 bits per heavy atom. The molecule has 94 valence electrons. The third kappa shape index (κ3) is 3.09. The van der Waals surface area contributed by atoms with Gasteiger partial charge in [-0.3, -0.25) is 4.79 Å². The summed E-state index contributed by atoms with van der Waals surface area (Å²) < 4.78 is 13.6. The van der Waals surface area contributed by atoms with Gasteiger partial charge < -0.3 is 5.11 Å². The van der Waals surface area contributed by atoms with Crippen LogP contribution >= 0.6 is 22.9 Å². The van der Waals surface area contributed by atoms with E-state index >= 15 is 0 Å². The van der Waals surface area contributed by atoms with Gasteiger partial charge in [-0.05, 0) is 36.2 Å². The molecule has 0 saturated heterocycles. The lowest BCUT2D eigenvalue weighted by Crippen LogP contribution is -2.13. The fraction of sp³-hybridized carbons (Fsp3) is 0.154. The van der Waals surface area contributed by atoms with Gasteiger partial charge in [-0.1, -0.05) is 23.7 Å². The molecule has 0 aliphatic heterocycles. The monoisotopic (exact) mass is 284 g/mol. The number of carbonyl (C=O) groups is 1. The minimum Gasteiger partial charge on any atom is -0.481 e. The molecule has 1 atom stereocenters. The van der Waals surface area contributed by atoms with Gasteiger partial charge >= 0.3 is 5.97 Å². The first-order chi connectivity index (χ1) is 8.56. The first-order valence-electron chi connectivity index (χ1n) is 5.29. The third-order valence-electron chi connectivity index (χ3n) is 2.56. The molecule has 0 fully saturated rings. The predicted molar refractivity (Wildman–Crippen MR) is 69.8 cm³/mol. The Labute approximate surface area is 113 Å². The molecule has 0 spiro atoms. The van der Waals surface area contributed by atoms with Crippen molar-refractivity contribution in [1.82, 2.24) is 0 Å². The predicted octanol–water partition coefficient (Wildman–Crippen LogP) is 3.95. The zero-order valence-electron chi connectivity index (χ0n) is 9.27. The Kier molecular flexibility index (Phi) is 3.99. The summed E-state index contributed by atoms with van der Waals surface area (Å²) in [5, 5.41) is 9.24. The molecule has 1 N–H and O–H groups in total. The number of carboxylic acid groups (broad SMARTS) is 1. The fourth-order valence-corrected chi connectivity index (χ4v) is 2.88. The highest BCUT2D eigenvalue weighted by Crippen LogP contribution is 2.30. The maximum atomic E-state index is 13.1. The SMILES string of the molecule is O=C(O)C(Cc1cccc(F)c1)c1ccc(Cl)s1. The van der Waals surface area contributed by atoms with Crippen molar-refractivity contribution in [1.29, 1.82) is 0 Å². The largest absolute Gasteiger partial charge is 0.481 e. The van der Waals surface area contributed by atoms with Crippen LogP contribution in [-0.2, 0) is 11.2 Å². The van der Waals surface area contributed by atoms with E-state index in [4.69, 9.17) is 11.6 Å². The van der Waals surface area contributed by atoms with Crippen molar-refractivity contribution in [3.8, 4) is 0 Å². The van der Waals surface area contributed by atoms with Gasteiger partial charge in [-0.25, -0.2) is 4.39 Å². The van der Waals surface area contributed by atoms with Crippen molar-refractivity contribution >= 4 is 28.9 Å². The van der Waals surface area contributed by atoms with Crippen LogP contribution in [0.15, 0.2) is 36.4 Å². The van der Waals surface area contributed by atoms with Crippen molar-refractivity contribution in [3.63, 3.8) is 0 Å². The molecule has 5 heteroatoms. The molecule has 2 aromatic rings. The number of hydrogen-bond donors (Lipinski definition) is 1. The van der Waals surface area contributed by atoms with E-state index in [-0.39, 0.29) is 12.2 Å². The number of rotatable bonds is 4. The molecule has 1 aromatic heterocycles. The Bertz CT molecular complexity index is 568. The van der Waals surface area contributed by atoms with Crippen molar-refractivity contribution in [2.24, 2.45) is 0 Å². The van der Waals surface area contributed by atoms with E-state index in [0.29, 0.717) is 14.8 Å². The quantitative estimate of drug-likeness (QED) is 0.923. The molecule has 0 radical (unpaired) electrons. The standard InChI is InChI=1S/C13H10ClFO2S/c14-12-5-4-11(18-12)10(13(16)17)7-8-2-1-3-9(15)6-8/h1-6,10H,7H2,(H,16,17). The summed E-state index contributed by atoms with van der Waals surface area (Å²) in [6.45, 7) is 0. The molecule has 0 aliphatic rings. The normalized spacial score (nSPS) is 12.3. The molecule has 0 saturated carbocycles. The molecule has 2 rings (SSSR count). The van der Waals surface area contributed by atoms with Crippen LogP contribution in [0.3, 0.4) is 0 Å². The van der Waals surface area contributed by atoms with Crippen LogP contribution in [-0.4, -0.2) is 11.1 Å². The summed E-state index contributed by atoms with van der Waals surface area (Å²) in [5.41, 5.74) is 0.659. The fourth-order valence-electron chi connectivity index (χ4n) is 1.72. The van der Waals surface area contributed by atoms with E-state index in [0.717, 1.165) is 0 Å². The number of thiophene rings is 1. The molecule has 0 aliphatic carbocycles. The van der Waals surface area contributed by atoms with Gasteiger partial charge in [-0.2, -0.15) is 0 Å². The first kappa shape index (κ1) is 13.1. The zero-order chi connectivity index (χ0) is 13.1. The average Bonchev–Trinajstić information content (AvgIpc) is 2.72. The average molecular weight is 285 g/mol. The molecule has 18 heavy (non-hydrogen) atoms. The molecule has 1 heterocycles. The second-order valence-electron chi connectivity index (χ2n) is 3.87. The number of aliphatic carboxylic acids is 1. The third-order valence-corrected chi connectivity index (χ3v) is 3.91. The second kappa shape index (κ2) is 5.50. The Morgan fingerprint density at radius 2 is 2.17 bits per heavy atom. The highest BCUT2D eigenvalue weighted by atomic mass is 35.5. The number of halogens is 2. The first-order valence-corrected chi connectivity index (χ1v) is 6.48. The Balaban J connectivity index is 2.24. The molecule has 1 aromatic carbocycles. The number of hydrogen-bond acceptors (Lipinski definition) is 2. The van der Waals surface area contributed by atoms with Gasteiger partial charge in [0.25, 0.3) is 0 Å². The van der Waals surface area contributed by atoms with Gasteiger partial charge in [0.05, 0.1) is 10.3 Å². The van der Waals surface area contributed by atoms with Crippen LogP contribution in [0.1, 0.15) is 16.4 Å². The lowest BCUT2D eigenvalue weighted by atomic mass is 9.98. The summed E-state index contributed by atoms with van der Waals surface area (Å²) in [6, 6.07) is 9.35. The highest BCUT2D eigenvalue weighted by Gasteiger charge is 2.22. The van der Waals surface area contributed by atoms with Crippen LogP contribution in [0, 0.1) is 5.82 Å². The maximum Gasteiger partial charge on any atom is 0.312 e. The summed E-state index contributed by atoms with van der Waals surface area (Å²) in [4.78, 5) is 11.9. The van der Waals surface area contributed by atoms with Gasteiger partial charge in [-0.15, -0.1) is 11.3 Å². The lowest BCUT2D eigenvalue weighted by Gasteiger charge is -2.10. The lowest BCUT2D eigenvalue weighted by molar-refractivity contribution is -0.138. The summed E-state index contributed by atoms with van der Waals surface area (Å²) in [6.07, 6.45) is 0.254. The minimum atomic E-state index is -0.933. The van der Waals surface area contributed by atoms with E-state index in [1.807, 2.05) is 0 Å². The summed E-state index contributed by atoms with van der Waals surface area (Å²) >= 11 is 7.04. The van der Waals surface area contributed by atoms with E-state index in [1.54, 1.807) is 24.3 Å². The van der Waals surface area contributed by atoms with Gasteiger partial charge in [0, 0.05) is 4.88 Å². The van der Waals surface area contributed by atoms with Crippen LogP contribution in [0.2, 0.25) is 4.34 Å². The Morgan fingerprint density at radius 1 is 1.39 bits per heavy atom. The maximum absolute atomic E-state index is 13.1. The molecule has 1 unspecified atom stereocenters. The van der Waals surface area contributed by atoms with Crippen molar-refractivity contribution in [2.45, 2.75) is 12.3 Å². The van der Waals surface area contributed by atoms with Gasteiger partial charge in [0.2, 0.25) is 0 Å². The topological polar surface area (TPSA) is 37.3 Å². The molecule has 0 amide bonds. The van der Waals surface area contributed by atoms with Gasteiger partial charge in [0.1, 0.15) is 5.82 Å². The van der Waals surface area contributed by atoms with Crippen molar-refractivity contribution in [2.75, 3.05) is 0 Å². The molecular weight excluding hydrogens is 275 g/mol. The minimum absolute atomic E-state index is 0.254. The Hall–Kier alpha value is -1.39. The van der Waals surface area contributed by atoms with Crippen LogP contribution in [0.5, 0.6) is 0 Å². The van der Waals surface area contributed by atoms with Crippen molar-refractivity contribution in [3.05, 3.63) is 57.0 Å². The van der Waals surface area contributed by atoms with E-state index in [2.05, 4.69) is 0 Å². The van der Waals surface area contributed by atoms with Gasteiger partial charge in [0.15, 0.2) is 0 Å². The smallest absolute Gasteiger partial charge is 0.312 e. The summed E-state index contributed by atoms with van der Waals surface area (Å²) in [7, 11) is 0. The summed E-state index contributed by atoms with van der Waals surface area (Å²) in [5.74, 6) is -1.98. The van der Waals surface area contributed by atoms with Crippen LogP contribution in [0.4, 0.5) is 4.39 Å². The number of carboxylic acids is 1. The van der Waals surface area contributed by atoms with E-state index in [9.17, 15) is 14.3 Å². The van der Waals surface area contributed by atoms with Crippen LogP contribution < -0.4 is 0 Å². The van der Waals surface area contributed by atoms with Crippen molar-refractivity contribution < 1.29 is 14.3 Å². The van der Waals surface area contributed by atoms with E-state index in [1.165, 1.54) is 23.5 Å². The molecule has 0 bridgehead atoms. The van der Waals surface area contributed by atoms with E-state index < -0.39 is 11.9 Å². The zero-order valence-corrected chi connectivity index (χ0v) is 10.8. The highest BCUT2D eigenvalue weighted by molar-refractivity contribution is 7.16. The van der Waals surface area contributed by atoms with Crippen LogP contribution in [0.25, 0.3) is 0 Å². The molecule has 2 nitrogen and oxygen atoms in total.